The summed E-state index contributed by atoms with van der Waals surface area (Å²) in [6.45, 7) is 11.1. The number of hydrogen-bond acceptors (Lipinski definition) is 7. The summed E-state index contributed by atoms with van der Waals surface area (Å²) in [5.74, 6) is 0.969. The molecule has 7 heteroatoms. The Labute approximate surface area is 169 Å². The van der Waals surface area contributed by atoms with E-state index in [4.69, 9.17) is 19.4 Å². The lowest BCUT2D eigenvalue weighted by Gasteiger charge is -2.33. The minimum atomic E-state index is -0.0990. The third-order valence-electron chi connectivity index (χ3n) is 5.43. The van der Waals surface area contributed by atoms with Crippen LogP contribution >= 0.6 is 23.1 Å². The van der Waals surface area contributed by atoms with Gasteiger partial charge >= 0.3 is 0 Å². The van der Waals surface area contributed by atoms with Gasteiger partial charge in [-0.3, -0.25) is 0 Å². The second-order valence-electron chi connectivity index (χ2n) is 7.99. The number of thioether (sulfide) groups is 1. The van der Waals surface area contributed by atoms with Crippen molar-refractivity contribution in [3.05, 3.63) is 10.4 Å². The molecule has 2 aliphatic heterocycles. The molecule has 0 saturated carbocycles. The van der Waals surface area contributed by atoms with Crippen molar-refractivity contribution in [1.82, 2.24) is 9.97 Å². The lowest BCUT2D eigenvalue weighted by Crippen LogP contribution is -2.34. The summed E-state index contributed by atoms with van der Waals surface area (Å²) in [7, 11) is 0. The predicted octanol–water partition coefficient (Wildman–Crippen LogP) is 5.02. The van der Waals surface area contributed by atoms with Crippen molar-refractivity contribution in [3.8, 4) is 0 Å². The fraction of sp³-hybridized carbons (Fsp3) is 0.700. The summed E-state index contributed by atoms with van der Waals surface area (Å²) in [6, 6.07) is 0. The van der Waals surface area contributed by atoms with Gasteiger partial charge in [0.1, 0.15) is 10.6 Å². The van der Waals surface area contributed by atoms with E-state index in [0.29, 0.717) is 11.9 Å². The van der Waals surface area contributed by atoms with Gasteiger partial charge in [-0.2, -0.15) is 0 Å². The van der Waals surface area contributed by atoms with Crippen molar-refractivity contribution in [2.75, 3.05) is 18.5 Å². The van der Waals surface area contributed by atoms with E-state index >= 15 is 0 Å². The van der Waals surface area contributed by atoms with Crippen LogP contribution in [0, 0.1) is 0 Å². The molecule has 27 heavy (non-hydrogen) atoms. The van der Waals surface area contributed by atoms with Crippen LogP contribution in [0.1, 0.15) is 57.4 Å². The first kappa shape index (κ1) is 19.4. The third-order valence-corrected chi connectivity index (χ3v) is 7.39. The van der Waals surface area contributed by atoms with Crippen LogP contribution in [0.25, 0.3) is 10.2 Å². The first-order valence-electron chi connectivity index (χ1n) is 9.96. The molecule has 0 amide bonds. The van der Waals surface area contributed by atoms with Crippen LogP contribution < -0.4 is 5.32 Å². The van der Waals surface area contributed by atoms with Crippen LogP contribution in [0.4, 0.5) is 5.82 Å². The number of nitrogens with one attached hydrogen (secondary N) is 1. The molecule has 2 aromatic rings. The van der Waals surface area contributed by atoms with Crippen molar-refractivity contribution in [2.24, 2.45) is 0 Å². The minimum Gasteiger partial charge on any atom is -0.376 e. The standard InChI is InChI=1S/C20H29N3O2S2/c1-5-20(4)9-14-15(11-25-20)27-18-16(14)17(21-10-13-7-6-8-24-13)22-19(23-18)26-12(2)3/h12-13H,5-11H2,1-4H3,(H,21,22,23)/t13-,20+/m1/s1. The second kappa shape index (κ2) is 7.85. The van der Waals surface area contributed by atoms with E-state index in [1.165, 1.54) is 15.8 Å². The fourth-order valence-corrected chi connectivity index (χ4v) is 5.56. The Morgan fingerprint density at radius 2 is 2.22 bits per heavy atom. The van der Waals surface area contributed by atoms with Gasteiger partial charge in [0.15, 0.2) is 5.16 Å². The number of aromatic nitrogens is 2. The van der Waals surface area contributed by atoms with Crippen LogP contribution in [0.15, 0.2) is 5.16 Å². The van der Waals surface area contributed by atoms with E-state index in [2.05, 4.69) is 33.0 Å². The van der Waals surface area contributed by atoms with Crippen LogP contribution in [0.5, 0.6) is 0 Å². The van der Waals surface area contributed by atoms with Gasteiger partial charge in [-0.15, -0.1) is 11.3 Å². The molecule has 1 fully saturated rings. The Hall–Kier alpha value is -0.890. The molecule has 5 nitrogen and oxygen atoms in total. The zero-order valence-corrected chi connectivity index (χ0v) is 18.3. The van der Waals surface area contributed by atoms with E-state index in [1.54, 1.807) is 23.1 Å². The highest BCUT2D eigenvalue weighted by Gasteiger charge is 2.33. The summed E-state index contributed by atoms with van der Waals surface area (Å²) < 4.78 is 12.0. The molecule has 1 saturated heterocycles. The monoisotopic (exact) mass is 407 g/mol. The first-order valence-corrected chi connectivity index (χ1v) is 11.7. The average molecular weight is 408 g/mol. The molecule has 0 aliphatic carbocycles. The van der Waals surface area contributed by atoms with Crippen molar-refractivity contribution < 1.29 is 9.47 Å². The number of hydrogen-bond donors (Lipinski definition) is 1. The minimum absolute atomic E-state index is 0.0990. The van der Waals surface area contributed by atoms with Crippen molar-refractivity contribution >= 4 is 39.1 Å². The van der Waals surface area contributed by atoms with Gasteiger partial charge < -0.3 is 14.8 Å². The molecule has 4 heterocycles. The maximum absolute atomic E-state index is 6.16. The number of anilines is 1. The van der Waals surface area contributed by atoms with Crippen molar-refractivity contribution in [3.63, 3.8) is 0 Å². The van der Waals surface area contributed by atoms with E-state index in [9.17, 15) is 0 Å². The van der Waals surface area contributed by atoms with E-state index in [0.717, 1.165) is 54.6 Å². The predicted molar refractivity (Wildman–Crippen MR) is 113 cm³/mol. The fourth-order valence-electron chi connectivity index (χ4n) is 3.69. The van der Waals surface area contributed by atoms with Gasteiger partial charge in [0.2, 0.25) is 0 Å². The number of fused-ring (bicyclic) bond motifs is 3. The van der Waals surface area contributed by atoms with Gasteiger partial charge in [0.25, 0.3) is 0 Å². The summed E-state index contributed by atoms with van der Waals surface area (Å²) in [6.07, 6.45) is 4.49. The smallest absolute Gasteiger partial charge is 0.191 e. The largest absolute Gasteiger partial charge is 0.376 e. The van der Waals surface area contributed by atoms with Gasteiger partial charge in [-0.25, -0.2) is 9.97 Å². The first-order chi connectivity index (χ1) is 13.0. The molecule has 0 radical (unpaired) electrons. The Morgan fingerprint density at radius 1 is 1.37 bits per heavy atom. The maximum Gasteiger partial charge on any atom is 0.191 e. The Balaban J connectivity index is 1.73. The maximum atomic E-state index is 6.16. The molecule has 1 N–H and O–H groups in total. The quantitative estimate of drug-likeness (QED) is 0.536. The van der Waals surface area contributed by atoms with Crippen LogP contribution in [0.3, 0.4) is 0 Å². The molecule has 0 spiro atoms. The van der Waals surface area contributed by atoms with Crippen LogP contribution in [-0.2, 0) is 22.5 Å². The van der Waals surface area contributed by atoms with Crippen LogP contribution in [-0.4, -0.2) is 40.1 Å². The zero-order valence-electron chi connectivity index (χ0n) is 16.6. The topological polar surface area (TPSA) is 56.3 Å². The number of rotatable bonds is 6. The Bertz CT molecular complexity index is 817. The molecule has 4 rings (SSSR count). The van der Waals surface area contributed by atoms with Gasteiger partial charge in [-0.1, -0.05) is 32.5 Å². The SMILES string of the molecule is CC[C@@]1(C)Cc2c(sc3nc(SC(C)C)nc(NC[C@H]4CCCO4)c23)CO1. The summed E-state index contributed by atoms with van der Waals surface area (Å²) in [5, 5.41) is 6.10. The van der Waals surface area contributed by atoms with Crippen molar-refractivity contribution in [2.45, 2.75) is 82.1 Å². The number of thiophene rings is 1. The molecule has 2 aliphatic rings. The average Bonchev–Trinajstić information content (AvgIpc) is 3.26. The van der Waals surface area contributed by atoms with Gasteiger partial charge in [-0.05, 0) is 31.7 Å². The lowest BCUT2D eigenvalue weighted by molar-refractivity contribution is -0.0542. The Kier molecular flexibility index (Phi) is 5.65. The normalized spacial score (nSPS) is 25.3. The highest BCUT2D eigenvalue weighted by molar-refractivity contribution is 7.99. The molecule has 2 atom stereocenters. The zero-order chi connectivity index (χ0) is 19.0. The molecule has 0 aromatic carbocycles. The third kappa shape index (κ3) is 4.11. The van der Waals surface area contributed by atoms with E-state index < -0.39 is 0 Å². The molecule has 0 unspecified atom stereocenters. The number of ether oxygens (including phenoxy) is 2. The van der Waals surface area contributed by atoms with E-state index in [-0.39, 0.29) is 11.7 Å². The molecule has 148 valence electrons. The molecule has 0 bridgehead atoms. The highest BCUT2D eigenvalue weighted by Crippen LogP contribution is 2.42. The second-order valence-corrected chi connectivity index (χ2v) is 10.6. The van der Waals surface area contributed by atoms with Crippen molar-refractivity contribution in [1.29, 1.82) is 0 Å². The van der Waals surface area contributed by atoms with Gasteiger partial charge in [0.05, 0.1) is 23.7 Å². The summed E-state index contributed by atoms with van der Waals surface area (Å²) in [4.78, 5) is 12.2. The molecular weight excluding hydrogens is 378 g/mol. The highest BCUT2D eigenvalue weighted by atomic mass is 32.2. The Morgan fingerprint density at radius 3 is 2.93 bits per heavy atom. The number of nitrogens with zero attached hydrogens (tertiary/aromatic N) is 2. The summed E-state index contributed by atoms with van der Waals surface area (Å²) >= 11 is 3.48. The summed E-state index contributed by atoms with van der Waals surface area (Å²) in [5.41, 5.74) is 1.28. The van der Waals surface area contributed by atoms with Crippen LogP contribution in [0.2, 0.25) is 0 Å². The van der Waals surface area contributed by atoms with Gasteiger partial charge in [0, 0.05) is 29.7 Å². The molecular formula is C20H29N3O2S2. The lowest BCUT2D eigenvalue weighted by atomic mass is 9.90. The van der Waals surface area contributed by atoms with E-state index in [1.807, 2.05) is 0 Å². The molecule has 2 aromatic heterocycles.